The molecule has 0 fully saturated rings. The molecule has 2 aromatic rings. The van der Waals surface area contributed by atoms with Crippen LogP contribution in [0.2, 0.25) is 0 Å². The highest BCUT2D eigenvalue weighted by Crippen LogP contribution is 1.96. The van der Waals surface area contributed by atoms with Crippen molar-refractivity contribution in [2.45, 2.75) is 0 Å². The van der Waals surface area contributed by atoms with Crippen LogP contribution in [0.25, 0.3) is 0 Å². The van der Waals surface area contributed by atoms with Crippen molar-refractivity contribution in [1.29, 1.82) is 0 Å². The molecule has 0 aliphatic heterocycles. The van der Waals surface area contributed by atoms with E-state index >= 15 is 0 Å². The Morgan fingerprint density at radius 2 is 0.792 bits per heavy atom. The van der Waals surface area contributed by atoms with Gasteiger partial charge in [0.05, 0.1) is 11.1 Å². The number of carbonyl (C=O) groups is 4. The number of hydrogen-bond donors (Lipinski definition) is 4. The summed E-state index contributed by atoms with van der Waals surface area (Å²) in [6.45, 7) is 0. The van der Waals surface area contributed by atoms with Crippen LogP contribution in [0.1, 0.15) is 42.0 Å². The lowest BCUT2D eigenvalue weighted by molar-refractivity contribution is 0.0668. The van der Waals surface area contributed by atoms with E-state index in [9.17, 15) is 19.2 Å². The summed E-state index contributed by atoms with van der Waals surface area (Å²) < 4.78 is 0. The predicted octanol–water partition coefficient (Wildman–Crippen LogP) is -0.254. The number of carboxylic acids is 4. The van der Waals surface area contributed by atoms with Crippen LogP contribution in [0.3, 0.4) is 0 Å². The minimum Gasteiger partial charge on any atom is -0.478 e. The molecule has 0 spiro atoms. The van der Waals surface area contributed by atoms with E-state index in [1.807, 2.05) is 0 Å². The van der Waals surface area contributed by atoms with Crippen LogP contribution in [0, 0.1) is 0 Å². The lowest BCUT2D eigenvalue weighted by atomic mass is 10.3. The first kappa shape index (κ1) is 18.1. The second kappa shape index (κ2) is 7.88. The highest BCUT2D eigenvalue weighted by atomic mass is 16.4. The van der Waals surface area contributed by atoms with Crippen LogP contribution in [0.4, 0.5) is 0 Å². The zero-order chi connectivity index (χ0) is 18.3. The van der Waals surface area contributed by atoms with Crippen molar-refractivity contribution >= 4 is 23.9 Å². The average molecular weight is 336 g/mol. The molecule has 12 nitrogen and oxygen atoms in total. The van der Waals surface area contributed by atoms with Crippen LogP contribution in [0.15, 0.2) is 24.8 Å². The van der Waals surface area contributed by atoms with Gasteiger partial charge in [0.2, 0.25) is 11.6 Å². The fourth-order valence-corrected chi connectivity index (χ4v) is 1.10. The van der Waals surface area contributed by atoms with Gasteiger partial charge in [-0.3, -0.25) is 0 Å². The van der Waals surface area contributed by atoms with Crippen LogP contribution in [-0.2, 0) is 0 Å². The third-order valence-corrected chi connectivity index (χ3v) is 2.18. The molecular formula is C12H8N4O8. The molecule has 0 atom stereocenters. The maximum atomic E-state index is 10.3. The van der Waals surface area contributed by atoms with E-state index in [1.165, 1.54) is 0 Å². The summed E-state index contributed by atoms with van der Waals surface area (Å²) in [5.74, 6) is -5.78. The summed E-state index contributed by atoms with van der Waals surface area (Å²) in [6.07, 6.45) is 3.77. The van der Waals surface area contributed by atoms with E-state index in [2.05, 4.69) is 19.9 Å². The van der Waals surface area contributed by atoms with Crippen LogP contribution in [-0.4, -0.2) is 64.2 Å². The van der Waals surface area contributed by atoms with E-state index in [-0.39, 0.29) is 11.1 Å². The van der Waals surface area contributed by atoms with E-state index in [4.69, 9.17) is 20.4 Å². The first-order valence-electron chi connectivity index (χ1n) is 5.79. The van der Waals surface area contributed by atoms with Crippen LogP contribution >= 0.6 is 0 Å². The van der Waals surface area contributed by atoms with Gasteiger partial charge < -0.3 is 20.4 Å². The average Bonchev–Trinajstić information content (AvgIpc) is 2.55. The van der Waals surface area contributed by atoms with Gasteiger partial charge in [-0.2, -0.15) is 0 Å². The number of rotatable bonds is 4. The number of aromatic carboxylic acids is 4. The Labute approximate surface area is 132 Å². The van der Waals surface area contributed by atoms with Gasteiger partial charge in [-0.25, -0.2) is 39.1 Å². The van der Waals surface area contributed by atoms with Gasteiger partial charge in [-0.15, -0.1) is 0 Å². The van der Waals surface area contributed by atoms with Crippen LogP contribution in [0.5, 0.6) is 0 Å². The molecule has 2 rings (SSSR count). The molecule has 0 amide bonds. The molecule has 2 heterocycles. The Morgan fingerprint density at radius 3 is 0.958 bits per heavy atom. The molecule has 124 valence electrons. The minimum atomic E-state index is -1.29. The Hall–Kier alpha value is -3.96. The first-order valence-corrected chi connectivity index (χ1v) is 5.79. The van der Waals surface area contributed by atoms with Gasteiger partial charge in [0.25, 0.3) is 0 Å². The van der Waals surface area contributed by atoms with Crippen molar-refractivity contribution in [2.75, 3.05) is 0 Å². The summed E-state index contributed by atoms with van der Waals surface area (Å²) in [6, 6.07) is 0. The molecule has 0 saturated heterocycles. The SMILES string of the molecule is O=C(O)c1cnc(C(=O)O)nc1.O=C(O)c1cnc(C(=O)O)nc1. The van der Waals surface area contributed by atoms with Gasteiger partial charge in [0, 0.05) is 24.8 Å². The zero-order valence-electron chi connectivity index (χ0n) is 11.5. The van der Waals surface area contributed by atoms with Gasteiger partial charge in [0.15, 0.2) is 0 Å². The minimum absolute atomic E-state index is 0.139. The van der Waals surface area contributed by atoms with Crippen molar-refractivity contribution in [3.8, 4) is 0 Å². The second-order valence-electron chi connectivity index (χ2n) is 3.81. The quantitative estimate of drug-likeness (QED) is 0.570. The van der Waals surface area contributed by atoms with E-state index < -0.39 is 35.5 Å². The lowest BCUT2D eigenvalue weighted by Crippen LogP contribution is -2.06. The Morgan fingerprint density at radius 1 is 0.542 bits per heavy atom. The number of nitrogens with zero attached hydrogens (tertiary/aromatic N) is 4. The summed E-state index contributed by atoms with van der Waals surface area (Å²) in [7, 11) is 0. The second-order valence-corrected chi connectivity index (χ2v) is 3.81. The van der Waals surface area contributed by atoms with Crippen molar-refractivity contribution in [1.82, 2.24) is 19.9 Å². The highest BCUT2D eigenvalue weighted by molar-refractivity contribution is 5.88. The fourth-order valence-electron chi connectivity index (χ4n) is 1.10. The Bertz CT molecular complexity index is 639. The number of carboxylic acid groups (broad SMARTS) is 4. The van der Waals surface area contributed by atoms with E-state index in [0.29, 0.717) is 0 Å². The van der Waals surface area contributed by atoms with Gasteiger partial charge in [-0.05, 0) is 0 Å². The van der Waals surface area contributed by atoms with Gasteiger partial charge >= 0.3 is 23.9 Å². The first-order chi connectivity index (χ1) is 11.2. The zero-order valence-corrected chi connectivity index (χ0v) is 11.5. The third kappa shape index (κ3) is 5.10. The van der Waals surface area contributed by atoms with E-state index in [1.54, 1.807) is 0 Å². The molecule has 0 unspecified atom stereocenters. The van der Waals surface area contributed by atoms with E-state index in [0.717, 1.165) is 24.8 Å². The standard InChI is InChI=1S/2C6H4N2O4/c2*9-5(10)3-1-7-4(6(11)12)8-2-3/h2*1-2H,(H,9,10)(H,11,12). The Balaban J connectivity index is 0.000000240. The third-order valence-electron chi connectivity index (χ3n) is 2.18. The normalized spacial score (nSPS) is 9.33. The summed E-state index contributed by atoms with van der Waals surface area (Å²) >= 11 is 0. The van der Waals surface area contributed by atoms with Crippen LogP contribution < -0.4 is 0 Å². The number of aromatic nitrogens is 4. The van der Waals surface area contributed by atoms with Crippen molar-refractivity contribution in [3.63, 3.8) is 0 Å². The Kier molecular flexibility index (Phi) is 5.94. The van der Waals surface area contributed by atoms with Gasteiger partial charge in [-0.1, -0.05) is 0 Å². The summed E-state index contributed by atoms with van der Waals surface area (Å²) in [5.41, 5.74) is -0.278. The lowest BCUT2D eigenvalue weighted by Gasteiger charge is -1.92. The maximum absolute atomic E-state index is 10.3. The highest BCUT2D eigenvalue weighted by Gasteiger charge is 2.09. The molecule has 2 aromatic heterocycles. The molecule has 12 heteroatoms. The topological polar surface area (TPSA) is 201 Å². The number of hydrogen-bond acceptors (Lipinski definition) is 8. The maximum Gasteiger partial charge on any atom is 0.373 e. The van der Waals surface area contributed by atoms with Crippen molar-refractivity contribution in [3.05, 3.63) is 47.6 Å². The molecule has 0 saturated carbocycles. The summed E-state index contributed by atoms with van der Waals surface area (Å²) in [4.78, 5) is 54.2. The molecule has 0 bridgehead atoms. The van der Waals surface area contributed by atoms with Crippen molar-refractivity contribution < 1.29 is 39.6 Å². The molecule has 0 aliphatic rings. The molecule has 0 aromatic carbocycles. The monoisotopic (exact) mass is 336 g/mol. The van der Waals surface area contributed by atoms with Gasteiger partial charge in [0.1, 0.15) is 0 Å². The predicted molar refractivity (Wildman–Crippen MR) is 71.9 cm³/mol. The molecule has 0 aliphatic carbocycles. The summed E-state index contributed by atoms with van der Waals surface area (Å²) in [5, 5.41) is 33.5. The van der Waals surface area contributed by atoms with Crippen molar-refractivity contribution in [2.24, 2.45) is 0 Å². The fraction of sp³-hybridized carbons (Fsp3) is 0. The largest absolute Gasteiger partial charge is 0.478 e. The molecule has 24 heavy (non-hydrogen) atoms. The molecular weight excluding hydrogens is 328 g/mol. The smallest absolute Gasteiger partial charge is 0.373 e. The molecule has 0 radical (unpaired) electrons. The molecule has 4 N–H and O–H groups in total.